The van der Waals surface area contributed by atoms with Gasteiger partial charge in [0.05, 0.1) is 0 Å². The fraction of sp³-hybridized carbons (Fsp3) is 0.467. The number of thiophene rings is 1. The highest BCUT2D eigenvalue weighted by molar-refractivity contribution is 7.14. The Morgan fingerprint density at radius 2 is 2.19 bits per heavy atom. The van der Waals surface area contributed by atoms with Gasteiger partial charge in [0.15, 0.2) is 0 Å². The van der Waals surface area contributed by atoms with Crippen molar-refractivity contribution in [2.45, 2.75) is 6.92 Å². The molecule has 2 heterocycles. The van der Waals surface area contributed by atoms with E-state index < -0.39 is 0 Å². The minimum Gasteiger partial charge on any atom is -0.328 e. The first-order valence-electron chi connectivity index (χ1n) is 6.93. The third kappa shape index (κ3) is 3.92. The number of piperazine rings is 1. The number of hydrogen-bond donors (Lipinski definition) is 0. The van der Waals surface area contributed by atoms with E-state index in [0.29, 0.717) is 19.6 Å². The lowest BCUT2D eigenvalue weighted by Gasteiger charge is -2.33. The normalized spacial score (nSPS) is 16.3. The number of carbonyl (C=O) groups is 2. The van der Waals surface area contributed by atoms with Gasteiger partial charge in [-0.1, -0.05) is 6.08 Å². The molecular weight excluding hydrogens is 286 g/mol. The van der Waals surface area contributed by atoms with Gasteiger partial charge in [-0.25, -0.2) is 0 Å². The van der Waals surface area contributed by atoms with Crippen LogP contribution in [0.3, 0.4) is 0 Å². The van der Waals surface area contributed by atoms with Gasteiger partial charge in [0.2, 0.25) is 11.8 Å². The lowest BCUT2D eigenvalue weighted by Crippen LogP contribution is -2.52. The molecule has 21 heavy (non-hydrogen) atoms. The second kappa shape index (κ2) is 6.87. The van der Waals surface area contributed by atoms with Crippen molar-refractivity contribution in [1.82, 2.24) is 9.80 Å². The van der Waals surface area contributed by atoms with Gasteiger partial charge in [0.1, 0.15) is 11.5 Å². The Balaban J connectivity index is 1.95. The molecule has 1 aromatic rings. The van der Waals surface area contributed by atoms with Gasteiger partial charge < -0.3 is 14.7 Å². The van der Waals surface area contributed by atoms with Crippen LogP contribution in [0.15, 0.2) is 23.6 Å². The highest BCUT2D eigenvalue weighted by Crippen LogP contribution is 2.28. The molecule has 1 fully saturated rings. The summed E-state index contributed by atoms with van der Waals surface area (Å²) in [5.41, 5.74) is 1.11. The van der Waals surface area contributed by atoms with Crippen molar-refractivity contribution in [3.05, 3.63) is 29.2 Å². The molecule has 0 saturated carbocycles. The highest BCUT2D eigenvalue weighted by atomic mass is 32.1. The first kappa shape index (κ1) is 15.7. The van der Waals surface area contributed by atoms with Crippen LogP contribution in [0.4, 0.5) is 5.00 Å². The average molecular weight is 307 g/mol. The van der Waals surface area contributed by atoms with Gasteiger partial charge in [-0.05, 0) is 38.0 Å². The number of hydrogen-bond acceptors (Lipinski definition) is 4. The van der Waals surface area contributed by atoms with Crippen molar-refractivity contribution in [1.29, 1.82) is 0 Å². The van der Waals surface area contributed by atoms with Crippen LogP contribution in [-0.2, 0) is 9.59 Å². The molecule has 0 unspecified atom stereocenters. The molecule has 2 amide bonds. The van der Waals surface area contributed by atoms with E-state index in [1.54, 1.807) is 27.2 Å². The Labute approximate surface area is 129 Å². The molecule has 0 aliphatic carbocycles. The van der Waals surface area contributed by atoms with Crippen molar-refractivity contribution in [3.63, 3.8) is 0 Å². The van der Waals surface area contributed by atoms with E-state index in [9.17, 15) is 9.59 Å². The predicted molar refractivity (Wildman–Crippen MR) is 85.7 cm³/mol. The molecular formula is C15H21N3O2S. The van der Waals surface area contributed by atoms with Gasteiger partial charge in [0.25, 0.3) is 0 Å². The number of rotatable bonds is 4. The molecule has 6 heteroatoms. The van der Waals surface area contributed by atoms with Crippen LogP contribution < -0.4 is 4.90 Å². The molecule has 0 N–H and O–H groups in total. The van der Waals surface area contributed by atoms with Crippen molar-refractivity contribution >= 4 is 28.2 Å². The Morgan fingerprint density at radius 3 is 2.76 bits per heavy atom. The lowest BCUT2D eigenvalue weighted by atomic mass is 10.2. The summed E-state index contributed by atoms with van der Waals surface area (Å²) in [6, 6.07) is 2.01. The van der Waals surface area contributed by atoms with Gasteiger partial charge >= 0.3 is 0 Å². The van der Waals surface area contributed by atoms with Crippen LogP contribution in [0.25, 0.3) is 0 Å². The minimum atomic E-state index is -0.0900. The van der Waals surface area contributed by atoms with Crippen molar-refractivity contribution in [2.24, 2.45) is 0 Å². The maximum Gasteiger partial charge on any atom is 0.247 e. The number of anilines is 1. The van der Waals surface area contributed by atoms with E-state index in [0.717, 1.165) is 10.6 Å². The zero-order valence-corrected chi connectivity index (χ0v) is 13.5. The summed E-state index contributed by atoms with van der Waals surface area (Å²) in [4.78, 5) is 29.7. The summed E-state index contributed by atoms with van der Waals surface area (Å²) in [5.74, 6) is -0.103. The van der Waals surface area contributed by atoms with E-state index in [4.69, 9.17) is 0 Å². The summed E-state index contributed by atoms with van der Waals surface area (Å²) in [7, 11) is 3.89. The summed E-state index contributed by atoms with van der Waals surface area (Å²) in [6.07, 6.45) is 3.38. The Kier molecular flexibility index (Phi) is 5.14. The third-order valence-corrected chi connectivity index (χ3v) is 4.38. The molecule has 0 aromatic carbocycles. The van der Waals surface area contributed by atoms with Crippen molar-refractivity contribution in [3.8, 4) is 0 Å². The number of aryl methyl sites for hydroxylation is 1. The molecule has 114 valence electrons. The maximum atomic E-state index is 12.2. The third-order valence-electron chi connectivity index (χ3n) is 3.34. The largest absolute Gasteiger partial charge is 0.328 e. The first-order chi connectivity index (χ1) is 9.99. The summed E-state index contributed by atoms with van der Waals surface area (Å²) < 4.78 is 0. The first-order valence-corrected chi connectivity index (χ1v) is 7.81. The van der Waals surface area contributed by atoms with Gasteiger partial charge in [-0.15, -0.1) is 11.3 Å². The summed E-state index contributed by atoms with van der Waals surface area (Å²) in [6.45, 7) is 4.01. The summed E-state index contributed by atoms with van der Waals surface area (Å²) in [5, 5.41) is 2.98. The monoisotopic (exact) mass is 307 g/mol. The molecule has 1 aliphatic rings. The lowest BCUT2D eigenvalue weighted by molar-refractivity contribution is -0.133. The Hall–Kier alpha value is -1.66. The highest BCUT2D eigenvalue weighted by Gasteiger charge is 2.28. The van der Waals surface area contributed by atoms with Crippen LogP contribution >= 0.6 is 11.3 Å². The quantitative estimate of drug-likeness (QED) is 0.789. The number of likely N-dealkylation sites (N-methyl/N-ethyl adjacent to an activating group) is 1. The van der Waals surface area contributed by atoms with Gasteiger partial charge in [-0.3, -0.25) is 9.59 Å². The molecule has 0 atom stereocenters. The van der Waals surface area contributed by atoms with E-state index in [-0.39, 0.29) is 18.4 Å². The molecule has 0 radical (unpaired) electrons. The predicted octanol–water partition coefficient (Wildman–Crippen LogP) is 1.35. The fourth-order valence-corrected chi connectivity index (χ4v) is 3.16. The molecule has 1 aromatic heterocycles. The fourth-order valence-electron chi connectivity index (χ4n) is 2.19. The maximum absolute atomic E-state index is 12.2. The van der Waals surface area contributed by atoms with Crippen molar-refractivity contribution in [2.75, 3.05) is 45.2 Å². The Morgan fingerprint density at radius 1 is 1.43 bits per heavy atom. The van der Waals surface area contributed by atoms with Crippen LogP contribution in [-0.4, -0.2) is 61.9 Å². The molecule has 0 bridgehead atoms. The smallest absolute Gasteiger partial charge is 0.247 e. The second-order valence-corrected chi connectivity index (χ2v) is 6.27. The average Bonchev–Trinajstić information content (AvgIpc) is 2.84. The van der Waals surface area contributed by atoms with Crippen molar-refractivity contribution < 1.29 is 9.59 Å². The standard InChI is InChI=1S/C15H21N3O2S/c1-12-6-10-21-15(12)18-9-8-17(11-14(18)20)13(19)5-4-7-16(2)3/h4-6,10H,7-9,11H2,1-3H3/b5-4+. The zero-order valence-electron chi connectivity index (χ0n) is 12.7. The molecule has 5 nitrogen and oxygen atoms in total. The summed E-state index contributed by atoms with van der Waals surface area (Å²) >= 11 is 1.57. The number of nitrogens with zero attached hydrogens (tertiary/aromatic N) is 3. The number of amides is 2. The van der Waals surface area contributed by atoms with Gasteiger partial charge in [-0.2, -0.15) is 0 Å². The van der Waals surface area contributed by atoms with E-state index in [1.165, 1.54) is 0 Å². The SMILES string of the molecule is Cc1ccsc1N1CCN(C(=O)/C=C/CN(C)C)CC1=O. The number of carbonyl (C=O) groups excluding carboxylic acids is 2. The van der Waals surface area contributed by atoms with E-state index >= 15 is 0 Å². The van der Waals surface area contributed by atoms with E-state index in [1.807, 2.05) is 43.4 Å². The topological polar surface area (TPSA) is 43.9 Å². The second-order valence-electron chi connectivity index (χ2n) is 5.38. The zero-order chi connectivity index (χ0) is 15.4. The minimum absolute atomic E-state index is 0.0128. The van der Waals surface area contributed by atoms with Crippen LogP contribution in [0, 0.1) is 6.92 Å². The molecule has 0 spiro atoms. The molecule has 1 saturated heterocycles. The Bertz CT molecular complexity index is 551. The van der Waals surface area contributed by atoms with Gasteiger partial charge in [0, 0.05) is 25.7 Å². The van der Waals surface area contributed by atoms with Crippen LogP contribution in [0.5, 0.6) is 0 Å². The molecule has 1 aliphatic heterocycles. The van der Waals surface area contributed by atoms with E-state index in [2.05, 4.69) is 0 Å². The van der Waals surface area contributed by atoms with Crippen LogP contribution in [0.2, 0.25) is 0 Å². The van der Waals surface area contributed by atoms with Crippen LogP contribution in [0.1, 0.15) is 5.56 Å². The molecule has 2 rings (SSSR count).